The van der Waals surface area contributed by atoms with Crippen LogP contribution in [0, 0.1) is 5.92 Å². The molecular formula is C12H22N6O2. The molecule has 1 aromatic heterocycles. The second-order valence-corrected chi connectivity index (χ2v) is 5.09. The number of carbonyl (C=O) groups is 1. The topological polar surface area (TPSA) is 85.2 Å². The van der Waals surface area contributed by atoms with Gasteiger partial charge in [-0.25, -0.2) is 4.68 Å². The molecule has 0 bridgehead atoms. The highest BCUT2D eigenvalue weighted by Crippen LogP contribution is 2.15. The number of methoxy groups -OCH3 is 1. The van der Waals surface area contributed by atoms with Crippen LogP contribution in [0.2, 0.25) is 0 Å². The van der Waals surface area contributed by atoms with Gasteiger partial charge < -0.3 is 15.0 Å². The molecule has 2 rings (SSSR count). The van der Waals surface area contributed by atoms with E-state index in [9.17, 15) is 4.79 Å². The molecule has 0 spiro atoms. The van der Waals surface area contributed by atoms with Gasteiger partial charge in [-0.3, -0.25) is 4.79 Å². The van der Waals surface area contributed by atoms with E-state index in [1.165, 1.54) is 11.0 Å². The summed E-state index contributed by atoms with van der Waals surface area (Å²) in [5.74, 6) is 0.519. The zero-order chi connectivity index (χ0) is 14.2. The van der Waals surface area contributed by atoms with Crippen molar-refractivity contribution in [3.05, 3.63) is 6.33 Å². The molecule has 1 amide bonds. The number of carbonyl (C=O) groups excluding carboxylic acids is 1. The summed E-state index contributed by atoms with van der Waals surface area (Å²) in [7, 11) is 1.73. The minimum Gasteiger partial charge on any atom is -0.383 e. The Bertz CT molecular complexity index is 389. The fourth-order valence-electron chi connectivity index (χ4n) is 2.35. The van der Waals surface area contributed by atoms with Gasteiger partial charge in [0.1, 0.15) is 12.9 Å². The monoisotopic (exact) mass is 282 g/mol. The molecule has 20 heavy (non-hydrogen) atoms. The number of tetrazole rings is 1. The molecule has 8 heteroatoms. The lowest BCUT2D eigenvalue weighted by Gasteiger charge is -2.31. The first-order valence-corrected chi connectivity index (χ1v) is 6.96. The first kappa shape index (κ1) is 14.9. The second-order valence-electron chi connectivity index (χ2n) is 5.09. The molecule has 0 unspecified atom stereocenters. The summed E-state index contributed by atoms with van der Waals surface area (Å²) >= 11 is 0. The maximum absolute atomic E-state index is 11.7. The van der Waals surface area contributed by atoms with Crippen molar-refractivity contribution >= 4 is 5.91 Å². The van der Waals surface area contributed by atoms with Crippen molar-refractivity contribution in [1.82, 2.24) is 30.4 Å². The summed E-state index contributed by atoms with van der Waals surface area (Å²) in [4.78, 5) is 14.1. The van der Waals surface area contributed by atoms with Gasteiger partial charge in [-0.2, -0.15) is 0 Å². The number of hydrogen-bond donors (Lipinski definition) is 1. The van der Waals surface area contributed by atoms with Crippen LogP contribution in [0.5, 0.6) is 0 Å². The van der Waals surface area contributed by atoms with Crippen molar-refractivity contribution in [2.45, 2.75) is 19.4 Å². The van der Waals surface area contributed by atoms with Crippen molar-refractivity contribution < 1.29 is 9.53 Å². The Morgan fingerprint density at radius 1 is 1.45 bits per heavy atom. The van der Waals surface area contributed by atoms with Crippen LogP contribution in [0.15, 0.2) is 6.33 Å². The third-order valence-electron chi connectivity index (χ3n) is 3.60. The van der Waals surface area contributed by atoms with Crippen molar-refractivity contribution in [3.63, 3.8) is 0 Å². The lowest BCUT2D eigenvalue weighted by Crippen LogP contribution is -2.40. The molecule has 1 N–H and O–H groups in total. The molecule has 0 aromatic carbocycles. The molecule has 2 heterocycles. The minimum atomic E-state index is -0.0425. The summed E-state index contributed by atoms with van der Waals surface area (Å²) in [5.41, 5.74) is 0. The Hall–Kier alpha value is -1.54. The van der Waals surface area contributed by atoms with Gasteiger partial charge >= 0.3 is 0 Å². The van der Waals surface area contributed by atoms with E-state index in [1.54, 1.807) is 7.11 Å². The molecule has 0 saturated carbocycles. The van der Waals surface area contributed by atoms with Crippen LogP contribution >= 0.6 is 0 Å². The van der Waals surface area contributed by atoms with E-state index in [4.69, 9.17) is 4.74 Å². The number of likely N-dealkylation sites (tertiary alicyclic amines) is 1. The second kappa shape index (κ2) is 7.91. The van der Waals surface area contributed by atoms with E-state index in [2.05, 4.69) is 25.7 Å². The molecule has 0 atom stereocenters. The largest absolute Gasteiger partial charge is 0.383 e. The smallest absolute Gasteiger partial charge is 0.241 e. The molecule has 0 aliphatic carbocycles. The standard InChI is InChI=1S/C12H22N6O2/c1-20-7-6-17-4-2-11(3-5-17)8-13-12(19)9-18-10-14-15-16-18/h10-11H,2-9H2,1H3,(H,13,19). The quantitative estimate of drug-likeness (QED) is 0.701. The predicted molar refractivity (Wildman–Crippen MR) is 71.9 cm³/mol. The predicted octanol–water partition coefficient (Wildman–Crippen LogP) is -0.852. The Labute approximate surface area is 118 Å². The summed E-state index contributed by atoms with van der Waals surface area (Å²) in [6.07, 6.45) is 3.68. The van der Waals surface area contributed by atoms with E-state index in [0.717, 1.165) is 45.6 Å². The number of amides is 1. The lowest BCUT2D eigenvalue weighted by atomic mass is 9.97. The minimum absolute atomic E-state index is 0.0425. The Morgan fingerprint density at radius 2 is 2.25 bits per heavy atom. The molecule has 1 aliphatic rings. The van der Waals surface area contributed by atoms with Crippen molar-refractivity contribution in [1.29, 1.82) is 0 Å². The van der Waals surface area contributed by atoms with Gasteiger partial charge in [0.05, 0.1) is 6.61 Å². The third-order valence-corrected chi connectivity index (χ3v) is 3.60. The van der Waals surface area contributed by atoms with Crippen LogP contribution in [0.3, 0.4) is 0 Å². The molecule has 112 valence electrons. The molecule has 0 radical (unpaired) electrons. The summed E-state index contributed by atoms with van der Waals surface area (Å²) < 4.78 is 6.50. The van der Waals surface area contributed by atoms with E-state index in [-0.39, 0.29) is 12.5 Å². The van der Waals surface area contributed by atoms with Crippen molar-refractivity contribution in [2.75, 3.05) is 39.9 Å². The molecule has 1 fully saturated rings. The van der Waals surface area contributed by atoms with Gasteiger partial charge in [-0.1, -0.05) is 0 Å². The average Bonchev–Trinajstić information content (AvgIpc) is 2.97. The van der Waals surface area contributed by atoms with Crippen LogP contribution in [-0.2, 0) is 16.1 Å². The highest BCUT2D eigenvalue weighted by molar-refractivity contribution is 5.75. The van der Waals surface area contributed by atoms with Gasteiger partial charge in [-0.05, 0) is 42.3 Å². The SMILES string of the molecule is COCCN1CCC(CNC(=O)Cn2cnnn2)CC1. The van der Waals surface area contributed by atoms with Gasteiger partial charge in [-0.15, -0.1) is 5.10 Å². The highest BCUT2D eigenvalue weighted by atomic mass is 16.5. The van der Waals surface area contributed by atoms with Gasteiger partial charge in [0.15, 0.2) is 0 Å². The third kappa shape index (κ3) is 4.86. The van der Waals surface area contributed by atoms with E-state index < -0.39 is 0 Å². The number of aromatic nitrogens is 4. The molecule has 1 saturated heterocycles. The van der Waals surface area contributed by atoms with Crippen molar-refractivity contribution in [2.24, 2.45) is 5.92 Å². The van der Waals surface area contributed by atoms with Crippen LogP contribution in [-0.4, -0.2) is 70.9 Å². The number of hydrogen-bond acceptors (Lipinski definition) is 6. The van der Waals surface area contributed by atoms with Gasteiger partial charge in [0.2, 0.25) is 5.91 Å². The zero-order valence-electron chi connectivity index (χ0n) is 11.9. The Kier molecular flexibility index (Phi) is 5.87. The zero-order valence-corrected chi connectivity index (χ0v) is 11.9. The number of ether oxygens (including phenoxy) is 1. The van der Waals surface area contributed by atoms with E-state index >= 15 is 0 Å². The van der Waals surface area contributed by atoms with Gasteiger partial charge in [0.25, 0.3) is 0 Å². The Morgan fingerprint density at radius 3 is 2.90 bits per heavy atom. The van der Waals surface area contributed by atoms with Crippen LogP contribution in [0.1, 0.15) is 12.8 Å². The summed E-state index contributed by atoms with van der Waals surface area (Å²) in [6, 6.07) is 0. The fourth-order valence-corrected chi connectivity index (χ4v) is 2.35. The number of rotatable bonds is 7. The normalized spacial score (nSPS) is 17.2. The number of nitrogens with zero attached hydrogens (tertiary/aromatic N) is 5. The highest BCUT2D eigenvalue weighted by Gasteiger charge is 2.19. The van der Waals surface area contributed by atoms with E-state index in [0.29, 0.717) is 5.92 Å². The van der Waals surface area contributed by atoms with Crippen LogP contribution in [0.25, 0.3) is 0 Å². The summed E-state index contributed by atoms with van der Waals surface area (Å²) in [5, 5.41) is 13.6. The lowest BCUT2D eigenvalue weighted by molar-refractivity contribution is -0.122. The molecule has 1 aliphatic heterocycles. The maximum atomic E-state index is 11.7. The van der Waals surface area contributed by atoms with E-state index in [1.807, 2.05) is 0 Å². The summed E-state index contributed by atoms with van der Waals surface area (Å²) in [6.45, 7) is 4.86. The molecular weight excluding hydrogens is 260 g/mol. The maximum Gasteiger partial charge on any atom is 0.241 e. The molecule has 8 nitrogen and oxygen atoms in total. The average molecular weight is 282 g/mol. The van der Waals surface area contributed by atoms with Crippen LogP contribution < -0.4 is 5.32 Å². The van der Waals surface area contributed by atoms with Crippen LogP contribution in [0.4, 0.5) is 0 Å². The first-order valence-electron chi connectivity index (χ1n) is 6.96. The molecule has 1 aromatic rings. The van der Waals surface area contributed by atoms with Crippen molar-refractivity contribution in [3.8, 4) is 0 Å². The first-order chi connectivity index (χ1) is 9.78. The number of nitrogens with one attached hydrogen (secondary N) is 1. The van der Waals surface area contributed by atoms with Gasteiger partial charge in [0, 0.05) is 20.2 Å². The number of piperidine rings is 1. The Balaban J connectivity index is 1.60. The fraction of sp³-hybridized carbons (Fsp3) is 0.833.